The van der Waals surface area contributed by atoms with Crippen molar-refractivity contribution < 1.29 is 43.4 Å². The minimum atomic E-state index is -0.415. The zero-order valence-electron chi connectivity index (χ0n) is 30.9. The van der Waals surface area contributed by atoms with Crippen LogP contribution < -0.4 is 19.2 Å². The van der Waals surface area contributed by atoms with E-state index in [-0.39, 0.29) is 47.0 Å². The molecule has 0 saturated carbocycles. The fraction of sp³-hybridized carbons (Fsp3) is 0.372. The molecule has 0 fully saturated rings. The number of nitrogens with one attached hydrogen (secondary N) is 1. The van der Waals surface area contributed by atoms with E-state index < -0.39 is 6.29 Å². The Hall–Kier alpha value is -2.23. The molecule has 0 bridgehead atoms. The first kappa shape index (κ1) is 63.0. The van der Waals surface area contributed by atoms with Crippen molar-refractivity contribution in [3.05, 3.63) is 116 Å². The first-order valence-electron chi connectivity index (χ1n) is 15.9. The van der Waals surface area contributed by atoms with Crippen molar-refractivity contribution in [3.8, 4) is 23.0 Å². The van der Waals surface area contributed by atoms with Crippen LogP contribution in [0.4, 0.5) is 0 Å². The summed E-state index contributed by atoms with van der Waals surface area (Å²) in [5.41, 5.74) is 3.53. The zero-order chi connectivity index (χ0) is 39.8. The Morgan fingerprint density at radius 1 is 0.750 bits per heavy atom. The number of aromatic hydroxyl groups is 1. The molecule has 1 atom stereocenters. The number of rotatable bonds is 10. The number of carbonyl (C=O) groups is 2. The molecule has 0 radical (unpaired) electrons. The summed E-state index contributed by atoms with van der Waals surface area (Å²) in [5, 5.41) is 9.69. The molecule has 1 heterocycles. The van der Waals surface area contributed by atoms with Crippen LogP contribution in [0.3, 0.4) is 0 Å². The molecule has 1 aromatic heterocycles. The van der Waals surface area contributed by atoms with Gasteiger partial charge < -0.3 is 28.8 Å². The van der Waals surface area contributed by atoms with Crippen LogP contribution in [0.1, 0.15) is 96.2 Å². The van der Waals surface area contributed by atoms with E-state index in [9.17, 15) is 14.7 Å². The lowest BCUT2D eigenvalue weighted by Gasteiger charge is -2.19. The smallest absolute Gasteiger partial charge is 0.197 e. The van der Waals surface area contributed by atoms with Crippen molar-refractivity contribution in [2.45, 2.75) is 84.5 Å². The van der Waals surface area contributed by atoms with E-state index in [1.165, 1.54) is 38.3 Å². The van der Waals surface area contributed by atoms with Gasteiger partial charge in [-0.05, 0) is 151 Å². The average molecular weight is 1230 g/mol. The van der Waals surface area contributed by atoms with Gasteiger partial charge in [0.25, 0.3) is 0 Å². The van der Waals surface area contributed by atoms with Crippen molar-refractivity contribution in [2.24, 2.45) is 0 Å². The standard InChI is InChI=1S/C13H16I2O4.C9H8I2O3.C8H10.C5H5N.C4H8O.4CH4/c1-5-18-8(3)19-12-9(7(2)16)6-10(14)13(17-4)11(12)15;1-4(12)5-3-6(10)9(14-2)7(11)8(5)13;1-7-3-5-8(2)6-4-7;1-2-4-6-5-3-1;1-3-5-4-2;;;;/h6,8H,5H2,1-4H3;3,13H,1-2H3;3-6H,1-2H3;1-5H;3H,1,4H2,2H3;4*1H4/p+1. The third-order valence-electron chi connectivity index (χ3n) is 6.24. The maximum absolute atomic E-state index is 11.7. The van der Waals surface area contributed by atoms with Gasteiger partial charge in [0.2, 0.25) is 0 Å². The second kappa shape index (κ2) is 35.9. The molecule has 0 amide bonds. The topological polar surface area (TPSA) is 115 Å². The second-order valence-corrected chi connectivity index (χ2v) is 14.8. The molecular weight excluding hydrogens is 1170 g/mol. The van der Waals surface area contributed by atoms with E-state index in [2.05, 4.69) is 122 Å². The number of phenols is 1. The summed E-state index contributed by atoms with van der Waals surface area (Å²) in [5.74, 6) is 1.64. The Bertz CT molecular complexity index is 1620. The van der Waals surface area contributed by atoms with Crippen molar-refractivity contribution in [1.82, 2.24) is 0 Å². The molecule has 0 spiro atoms. The number of hydrogen-bond acceptors (Lipinski definition) is 8. The van der Waals surface area contributed by atoms with Crippen molar-refractivity contribution in [1.29, 1.82) is 0 Å². The SMILES string of the molecule is C.C.C.C.C=COCC.CCOC(C)Oc1c(C(C)=O)cc(I)c(OC)c1I.COc1c(I)cc(C(C)=O)c(O)c1I.Cc1ccc(C)cc1.c1cc[nH+]cc1. The Labute approximate surface area is 392 Å². The lowest BCUT2D eigenvalue weighted by Crippen LogP contribution is -2.18. The van der Waals surface area contributed by atoms with Gasteiger partial charge >= 0.3 is 0 Å². The van der Waals surface area contributed by atoms with Gasteiger partial charge in [-0.3, -0.25) is 9.59 Å². The third kappa shape index (κ3) is 23.9. The van der Waals surface area contributed by atoms with E-state index in [1.54, 1.807) is 26.2 Å². The highest BCUT2D eigenvalue weighted by molar-refractivity contribution is 14.1. The molecule has 0 aliphatic rings. The van der Waals surface area contributed by atoms with Crippen LogP contribution in [0.2, 0.25) is 0 Å². The summed E-state index contributed by atoms with van der Waals surface area (Å²) in [4.78, 5) is 25.8. The van der Waals surface area contributed by atoms with Crippen LogP contribution in [0.25, 0.3) is 0 Å². The molecule has 4 rings (SSSR count). The predicted octanol–water partition coefficient (Wildman–Crippen LogP) is 13.2. The van der Waals surface area contributed by atoms with Gasteiger partial charge in [-0.2, -0.15) is 0 Å². The first-order chi connectivity index (χ1) is 24.6. The van der Waals surface area contributed by atoms with Crippen molar-refractivity contribution >= 4 is 102 Å². The number of pyridine rings is 1. The van der Waals surface area contributed by atoms with Gasteiger partial charge in [0.15, 0.2) is 36.0 Å². The number of phenolic OH excluding ortho intramolecular Hbond substituents is 1. The molecule has 1 unspecified atom stereocenters. The van der Waals surface area contributed by atoms with Gasteiger partial charge in [-0.15, -0.1) is 0 Å². The van der Waals surface area contributed by atoms with Crippen LogP contribution in [-0.4, -0.2) is 50.4 Å². The molecule has 13 heteroatoms. The molecule has 3 aromatic carbocycles. The molecule has 316 valence electrons. The normalized spacial score (nSPS) is 9.38. The highest BCUT2D eigenvalue weighted by Gasteiger charge is 2.21. The fourth-order valence-corrected chi connectivity index (χ4v) is 8.09. The monoisotopic (exact) mass is 1230 g/mol. The minimum Gasteiger partial charge on any atom is -0.506 e. The van der Waals surface area contributed by atoms with Gasteiger partial charge in [-0.25, -0.2) is 4.98 Å². The van der Waals surface area contributed by atoms with Gasteiger partial charge in [-0.1, -0.05) is 77.7 Å². The Balaban J connectivity index is -0.000000206. The summed E-state index contributed by atoms with van der Waals surface area (Å²) in [6, 6.07) is 17.7. The molecule has 0 saturated heterocycles. The number of carbonyl (C=O) groups excluding carboxylic acids is 2. The number of Topliss-reactive ketones (excluding diaryl/α,β-unsaturated/α-hetero) is 2. The van der Waals surface area contributed by atoms with E-state index in [0.29, 0.717) is 38.6 Å². The van der Waals surface area contributed by atoms with Gasteiger partial charge in [0.1, 0.15) is 17.2 Å². The summed E-state index contributed by atoms with van der Waals surface area (Å²) in [6.07, 6.45) is 4.77. The van der Waals surface area contributed by atoms with Crippen molar-refractivity contribution in [3.63, 3.8) is 0 Å². The van der Waals surface area contributed by atoms with E-state index in [1.807, 2.05) is 67.0 Å². The number of aryl methyl sites for hydroxylation is 2. The van der Waals surface area contributed by atoms with E-state index in [0.717, 1.165) is 17.3 Å². The first-order valence-corrected chi connectivity index (χ1v) is 20.2. The summed E-state index contributed by atoms with van der Waals surface area (Å²) >= 11 is 8.29. The number of halogens is 4. The molecule has 9 nitrogen and oxygen atoms in total. The molecule has 56 heavy (non-hydrogen) atoms. The summed E-state index contributed by atoms with van der Waals surface area (Å²) < 4.78 is 29.2. The number of ketones is 2. The highest BCUT2D eigenvalue weighted by Crippen LogP contribution is 2.39. The quantitative estimate of drug-likeness (QED) is 0.0723. The van der Waals surface area contributed by atoms with Crippen LogP contribution in [0.5, 0.6) is 23.0 Å². The third-order valence-corrected chi connectivity index (χ3v) is 9.83. The molecule has 0 aliphatic carbocycles. The Kier molecular flexibility index (Phi) is 40.4. The van der Waals surface area contributed by atoms with Crippen LogP contribution in [0.15, 0.2) is 79.8 Å². The van der Waals surface area contributed by atoms with Gasteiger partial charge in [0.05, 0.1) is 52.5 Å². The zero-order valence-corrected chi connectivity index (χ0v) is 39.6. The number of aromatic nitrogens is 1. The van der Waals surface area contributed by atoms with E-state index in [4.69, 9.17) is 18.9 Å². The Morgan fingerprint density at radius 2 is 1.18 bits per heavy atom. The van der Waals surface area contributed by atoms with Gasteiger partial charge in [0, 0.05) is 18.7 Å². The molecule has 2 N–H and O–H groups in total. The minimum absolute atomic E-state index is 0. The van der Waals surface area contributed by atoms with Crippen LogP contribution >= 0.6 is 90.4 Å². The molecular formula is C43H64I4NO8+. The lowest BCUT2D eigenvalue weighted by atomic mass is 10.1. The summed E-state index contributed by atoms with van der Waals surface area (Å²) in [7, 11) is 3.13. The van der Waals surface area contributed by atoms with Crippen LogP contribution in [0, 0.1) is 28.1 Å². The highest BCUT2D eigenvalue weighted by atomic mass is 127. The number of aromatic amines is 1. The molecule has 4 aromatic rings. The lowest BCUT2D eigenvalue weighted by molar-refractivity contribution is -0.377. The van der Waals surface area contributed by atoms with Crippen molar-refractivity contribution in [2.75, 3.05) is 27.4 Å². The predicted molar refractivity (Wildman–Crippen MR) is 268 cm³/mol. The number of hydrogen-bond donors (Lipinski definition) is 1. The number of ether oxygens (including phenoxy) is 5. The molecule has 0 aliphatic heterocycles. The average Bonchev–Trinajstić information content (AvgIpc) is 3.11. The Morgan fingerprint density at radius 3 is 1.48 bits per heavy atom. The summed E-state index contributed by atoms with van der Waals surface area (Å²) in [6.45, 7) is 17.4. The number of benzene rings is 3. The maximum Gasteiger partial charge on any atom is 0.197 e. The maximum atomic E-state index is 11.7. The van der Waals surface area contributed by atoms with Crippen LogP contribution in [-0.2, 0) is 9.47 Å². The van der Waals surface area contributed by atoms with E-state index >= 15 is 0 Å². The largest absolute Gasteiger partial charge is 0.506 e. The fourth-order valence-electron chi connectivity index (χ4n) is 3.73. The number of methoxy groups -OCH3 is 2. The number of H-pyrrole nitrogens is 1. The second-order valence-electron chi connectivity index (χ2n) is 10.3.